The van der Waals surface area contributed by atoms with Crippen LogP contribution in [0.15, 0.2) is 24.3 Å². The molecule has 0 bridgehead atoms. The molecule has 0 radical (unpaired) electrons. The Balaban J connectivity index is 1.74. The number of hydrogen-bond acceptors (Lipinski definition) is 2. The third-order valence-electron chi connectivity index (χ3n) is 4.76. The van der Waals surface area contributed by atoms with Crippen molar-refractivity contribution in [3.05, 3.63) is 35.4 Å². The number of amides is 1. The second-order valence-corrected chi connectivity index (χ2v) is 6.41. The fraction of sp³-hybridized carbons (Fsp3) is 0.632. The lowest BCUT2D eigenvalue weighted by Gasteiger charge is -2.18. The van der Waals surface area contributed by atoms with Crippen molar-refractivity contribution in [1.82, 2.24) is 10.2 Å². The smallest absolute Gasteiger partial charge is 0.220 e. The number of carbonyl (C=O) groups is 1. The first-order valence-corrected chi connectivity index (χ1v) is 8.78. The Kier molecular flexibility index (Phi) is 6.91. The second kappa shape index (κ2) is 8.94. The summed E-state index contributed by atoms with van der Waals surface area (Å²) in [5, 5.41) is 3.06. The Morgan fingerprint density at radius 1 is 1.09 bits per heavy atom. The molecular weight excluding hydrogens is 272 g/mol. The van der Waals surface area contributed by atoms with Gasteiger partial charge >= 0.3 is 0 Å². The molecule has 0 unspecified atom stereocenters. The number of benzene rings is 1. The van der Waals surface area contributed by atoms with Gasteiger partial charge < -0.3 is 5.32 Å². The van der Waals surface area contributed by atoms with E-state index >= 15 is 0 Å². The van der Waals surface area contributed by atoms with Gasteiger partial charge in [0.25, 0.3) is 0 Å². The summed E-state index contributed by atoms with van der Waals surface area (Å²) >= 11 is 0. The summed E-state index contributed by atoms with van der Waals surface area (Å²) in [4.78, 5) is 14.3. The van der Waals surface area contributed by atoms with Gasteiger partial charge in [-0.15, -0.1) is 0 Å². The van der Waals surface area contributed by atoms with Gasteiger partial charge in [-0.25, -0.2) is 0 Å². The van der Waals surface area contributed by atoms with Crippen LogP contribution in [0.2, 0.25) is 0 Å². The molecule has 1 aromatic carbocycles. The molecule has 0 heterocycles. The van der Waals surface area contributed by atoms with Crippen molar-refractivity contribution >= 4 is 5.91 Å². The Bertz CT molecular complexity index is 445. The summed E-state index contributed by atoms with van der Waals surface area (Å²) in [7, 11) is 0. The van der Waals surface area contributed by atoms with Gasteiger partial charge in [0.15, 0.2) is 0 Å². The van der Waals surface area contributed by atoms with Gasteiger partial charge in [-0.3, -0.25) is 9.69 Å². The number of hydrogen-bond donors (Lipinski definition) is 1. The molecule has 1 aliphatic rings. The van der Waals surface area contributed by atoms with E-state index in [9.17, 15) is 4.79 Å². The van der Waals surface area contributed by atoms with Gasteiger partial charge in [-0.2, -0.15) is 0 Å². The molecule has 1 aliphatic carbocycles. The van der Waals surface area contributed by atoms with Crippen LogP contribution in [0, 0.1) is 5.92 Å². The molecule has 1 amide bonds. The molecule has 22 heavy (non-hydrogen) atoms. The molecule has 0 aromatic heterocycles. The highest BCUT2D eigenvalue weighted by Gasteiger charge is 2.18. The van der Waals surface area contributed by atoms with Gasteiger partial charge in [-0.1, -0.05) is 51.0 Å². The van der Waals surface area contributed by atoms with Crippen LogP contribution in [-0.2, 0) is 17.9 Å². The minimum Gasteiger partial charge on any atom is -0.352 e. The van der Waals surface area contributed by atoms with Crippen LogP contribution in [0.25, 0.3) is 0 Å². The zero-order valence-corrected chi connectivity index (χ0v) is 14.1. The van der Waals surface area contributed by atoms with Crippen molar-refractivity contribution in [3.8, 4) is 0 Å². The lowest BCUT2D eigenvalue weighted by atomic mass is 10.0. The molecule has 0 spiro atoms. The number of nitrogens with zero attached hydrogens (tertiary/aromatic N) is 1. The summed E-state index contributed by atoms with van der Waals surface area (Å²) in [6.45, 7) is 8.19. The quantitative estimate of drug-likeness (QED) is 0.793. The van der Waals surface area contributed by atoms with Crippen molar-refractivity contribution in [2.45, 2.75) is 59.0 Å². The molecule has 1 aromatic rings. The van der Waals surface area contributed by atoms with Crippen LogP contribution in [0.1, 0.15) is 57.1 Å². The Hall–Kier alpha value is -1.35. The summed E-state index contributed by atoms with van der Waals surface area (Å²) in [5.74, 6) is 0.829. The molecule has 0 saturated heterocycles. The highest BCUT2D eigenvalue weighted by Crippen LogP contribution is 2.27. The lowest BCUT2D eigenvalue weighted by molar-refractivity contribution is -0.122. The zero-order chi connectivity index (χ0) is 15.8. The Morgan fingerprint density at radius 3 is 2.27 bits per heavy atom. The molecular formula is C19H30N2O. The van der Waals surface area contributed by atoms with E-state index in [1.54, 1.807) is 0 Å². The van der Waals surface area contributed by atoms with Crippen molar-refractivity contribution in [2.24, 2.45) is 5.92 Å². The normalized spacial score (nSPS) is 15.4. The van der Waals surface area contributed by atoms with Crippen molar-refractivity contribution in [1.29, 1.82) is 0 Å². The predicted molar refractivity (Wildman–Crippen MR) is 91.5 cm³/mol. The van der Waals surface area contributed by atoms with Crippen LogP contribution >= 0.6 is 0 Å². The highest BCUT2D eigenvalue weighted by atomic mass is 16.1. The van der Waals surface area contributed by atoms with Crippen LogP contribution in [0.4, 0.5) is 0 Å². The SMILES string of the molecule is CCN(CC)Cc1ccc(CNC(=O)CC2CCCC2)cc1. The molecule has 122 valence electrons. The van der Waals surface area contributed by atoms with E-state index in [4.69, 9.17) is 0 Å². The van der Waals surface area contributed by atoms with Crippen LogP contribution in [-0.4, -0.2) is 23.9 Å². The first kappa shape index (κ1) is 17.0. The van der Waals surface area contributed by atoms with E-state index < -0.39 is 0 Å². The maximum Gasteiger partial charge on any atom is 0.220 e. The maximum absolute atomic E-state index is 11.9. The number of nitrogens with one attached hydrogen (secondary N) is 1. The third-order valence-corrected chi connectivity index (χ3v) is 4.76. The monoisotopic (exact) mass is 302 g/mol. The molecule has 2 rings (SSSR count). The zero-order valence-electron chi connectivity index (χ0n) is 14.1. The van der Waals surface area contributed by atoms with E-state index in [2.05, 4.69) is 48.3 Å². The van der Waals surface area contributed by atoms with Gasteiger partial charge in [0.05, 0.1) is 0 Å². The van der Waals surface area contributed by atoms with Crippen LogP contribution in [0.3, 0.4) is 0 Å². The van der Waals surface area contributed by atoms with Gasteiger partial charge in [-0.05, 0) is 43.0 Å². The minimum absolute atomic E-state index is 0.208. The standard InChI is InChI=1S/C19H30N2O/c1-3-21(4-2)15-18-11-9-17(10-12-18)14-20-19(22)13-16-7-5-6-8-16/h9-12,16H,3-8,13-15H2,1-2H3,(H,20,22). The van der Waals surface area contributed by atoms with Gasteiger partial charge in [0.1, 0.15) is 0 Å². The highest BCUT2D eigenvalue weighted by molar-refractivity contribution is 5.76. The first-order valence-electron chi connectivity index (χ1n) is 8.78. The number of rotatable bonds is 8. The Morgan fingerprint density at radius 2 is 1.68 bits per heavy atom. The largest absolute Gasteiger partial charge is 0.352 e. The lowest BCUT2D eigenvalue weighted by Crippen LogP contribution is -2.24. The van der Waals surface area contributed by atoms with Crippen LogP contribution in [0.5, 0.6) is 0 Å². The van der Waals surface area contributed by atoms with Gasteiger partial charge in [0, 0.05) is 19.5 Å². The minimum atomic E-state index is 0.208. The van der Waals surface area contributed by atoms with Crippen LogP contribution < -0.4 is 5.32 Å². The average Bonchev–Trinajstić information content (AvgIpc) is 3.04. The molecule has 1 saturated carbocycles. The molecule has 0 atom stereocenters. The fourth-order valence-corrected chi connectivity index (χ4v) is 3.22. The second-order valence-electron chi connectivity index (χ2n) is 6.41. The van der Waals surface area contributed by atoms with Crippen molar-refractivity contribution in [2.75, 3.05) is 13.1 Å². The summed E-state index contributed by atoms with van der Waals surface area (Å²) in [5.41, 5.74) is 2.52. The van der Waals surface area contributed by atoms with E-state index in [0.29, 0.717) is 18.9 Å². The van der Waals surface area contributed by atoms with Crippen molar-refractivity contribution in [3.63, 3.8) is 0 Å². The van der Waals surface area contributed by atoms with E-state index in [0.717, 1.165) is 19.6 Å². The fourth-order valence-electron chi connectivity index (χ4n) is 3.22. The molecule has 0 aliphatic heterocycles. The van der Waals surface area contributed by atoms with E-state index in [-0.39, 0.29) is 5.91 Å². The molecule has 1 fully saturated rings. The molecule has 3 nitrogen and oxygen atoms in total. The predicted octanol–water partition coefficient (Wildman–Crippen LogP) is 3.72. The molecule has 3 heteroatoms. The van der Waals surface area contributed by atoms with E-state index in [1.165, 1.54) is 36.8 Å². The topological polar surface area (TPSA) is 32.3 Å². The van der Waals surface area contributed by atoms with Gasteiger partial charge in [0.2, 0.25) is 5.91 Å². The molecule has 1 N–H and O–H groups in total. The Labute approximate surface area is 135 Å². The average molecular weight is 302 g/mol. The third kappa shape index (κ3) is 5.45. The van der Waals surface area contributed by atoms with E-state index in [1.807, 2.05) is 0 Å². The first-order chi connectivity index (χ1) is 10.7. The summed E-state index contributed by atoms with van der Waals surface area (Å²) in [6.07, 6.45) is 5.76. The maximum atomic E-state index is 11.9. The van der Waals surface area contributed by atoms with Crippen molar-refractivity contribution < 1.29 is 4.79 Å². The summed E-state index contributed by atoms with van der Waals surface area (Å²) in [6, 6.07) is 8.62. The number of carbonyl (C=O) groups excluding carboxylic acids is 1. The summed E-state index contributed by atoms with van der Waals surface area (Å²) < 4.78 is 0.